The lowest BCUT2D eigenvalue weighted by Crippen LogP contribution is -2.21. The highest BCUT2D eigenvalue weighted by atomic mass is 35.5. The highest BCUT2D eigenvalue weighted by molar-refractivity contribution is 6.30. The van der Waals surface area contributed by atoms with Crippen LogP contribution in [0.25, 0.3) is 11.3 Å². The molecule has 0 amide bonds. The smallest absolute Gasteiger partial charge is 0.212 e. The number of nitrogens with zero attached hydrogens (tertiary/aromatic N) is 2. The topological polar surface area (TPSA) is 34.9 Å². The van der Waals surface area contributed by atoms with Gasteiger partial charge < -0.3 is 0 Å². The molecule has 0 atom stereocenters. The average Bonchev–Trinajstić information content (AvgIpc) is 2.65. The Bertz CT molecular complexity index is 889. The Balaban J connectivity index is 2.12. The van der Waals surface area contributed by atoms with Crippen LogP contribution in [0.4, 0.5) is 0 Å². The minimum atomic E-state index is -0.0611. The summed E-state index contributed by atoms with van der Waals surface area (Å²) < 4.78 is 1.74. The summed E-state index contributed by atoms with van der Waals surface area (Å²) in [6.45, 7) is 2.65. The molecule has 1 heterocycles. The molecule has 0 bridgehead atoms. The van der Waals surface area contributed by atoms with E-state index in [1.165, 1.54) is 0 Å². The summed E-state index contributed by atoms with van der Waals surface area (Å²) >= 11 is 6.56. The first-order valence-electron chi connectivity index (χ1n) is 8.59. The largest absolute Gasteiger partial charge is 0.287 e. The Morgan fingerprint density at radius 2 is 1.64 bits per heavy atom. The van der Waals surface area contributed by atoms with Gasteiger partial charge in [-0.3, -0.25) is 4.79 Å². The van der Waals surface area contributed by atoms with Gasteiger partial charge in [0, 0.05) is 11.1 Å². The molecule has 0 aliphatic rings. The zero-order chi connectivity index (χ0) is 17.6. The number of unbranched alkanes of at least 4 members (excludes halogenated alkanes) is 1. The predicted molar refractivity (Wildman–Crippen MR) is 103 cm³/mol. The third-order valence-electron chi connectivity index (χ3n) is 4.19. The second-order valence-electron chi connectivity index (χ2n) is 6.06. The predicted octanol–water partition coefficient (Wildman–Crippen LogP) is 4.95. The van der Waals surface area contributed by atoms with Crippen molar-refractivity contribution in [2.45, 2.75) is 32.7 Å². The van der Waals surface area contributed by atoms with Gasteiger partial charge in [0.25, 0.3) is 0 Å². The average molecular weight is 353 g/mol. The van der Waals surface area contributed by atoms with Crippen LogP contribution in [0.1, 0.15) is 30.9 Å². The summed E-state index contributed by atoms with van der Waals surface area (Å²) in [5.74, 6) is 0. The maximum atomic E-state index is 12.9. The summed E-state index contributed by atoms with van der Waals surface area (Å²) in [4.78, 5) is 12.9. The number of hydrogen-bond donors (Lipinski definition) is 0. The molecule has 0 spiro atoms. The van der Waals surface area contributed by atoms with Gasteiger partial charge >= 0.3 is 0 Å². The highest BCUT2D eigenvalue weighted by Gasteiger charge is 2.17. The van der Waals surface area contributed by atoms with Gasteiger partial charge in [0.15, 0.2) is 0 Å². The SMILES string of the molecule is CCCCc1c(Cl)n(Cc2ccccc2)nc(-c2ccccc2)c1=O. The molecular formula is C21H21ClN2O. The van der Waals surface area contributed by atoms with Crippen molar-refractivity contribution in [3.8, 4) is 11.3 Å². The summed E-state index contributed by atoms with van der Waals surface area (Å²) in [5.41, 5.74) is 2.99. The van der Waals surface area contributed by atoms with E-state index in [1.807, 2.05) is 60.7 Å². The van der Waals surface area contributed by atoms with Crippen LogP contribution in [0.15, 0.2) is 65.5 Å². The van der Waals surface area contributed by atoms with Gasteiger partial charge in [-0.1, -0.05) is 85.6 Å². The van der Waals surface area contributed by atoms with Crippen molar-refractivity contribution >= 4 is 11.6 Å². The fourth-order valence-electron chi connectivity index (χ4n) is 2.82. The van der Waals surface area contributed by atoms with E-state index in [4.69, 9.17) is 11.6 Å². The molecule has 25 heavy (non-hydrogen) atoms. The molecule has 0 N–H and O–H groups in total. The van der Waals surface area contributed by atoms with Gasteiger partial charge in [0.1, 0.15) is 10.8 Å². The zero-order valence-corrected chi connectivity index (χ0v) is 15.0. The lowest BCUT2D eigenvalue weighted by atomic mass is 10.1. The molecular weight excluding hydrogens is 332 g/mol. The number of hydrogen-bond acceptors (Lipinski definition) is 2. The summed E-state index contributed by atoms with van der Waals surface area (Å²) in [6, 6.07) is 19.6. The molecule has 1 aromatic heterocycles. The third kappa shape index (κ3) is 3.99. The van der Waals surface area contributed by atoms with Gasteiger partial charge in [0.2, 0.25) is 5.43 Å². The Labute approximate surface area is 152 Å². The number of benzene rings is 2. The molecule has 0 saturated heterocycles. The van der Waals surface area contributed by atoms with Crippen molar-refractivity contribution < 1.29 is 0 Å². The maximum absolute atomic E-state index is 12.9. The first-order valence-corrected chi connectivity index (χ1v) is 8.97. The number of aromatic nitrogens is 2. The Kier molecular flexibility index (Phi) is 5.67. The first-order chi connectivity index (χ1) is 12.2. The van der Waals surface area contributed by atoms with Crippen LogP contribution in [0, 0.1) is 0 Å². The van der Waals surface area contributed by atoms with Crippen molar-refractivity contribution in [3.05, 3.63) is 87.2 Å². The van der Waals surface area contributed by atoms with E-state index in [9.17, 15) is 4.79 Å². The standard InChI is InChI=1S/C21H21ClN2O/c1-2-3-14-18-20(25)19(17-12-8-5-9-13-17)23-24(21(18)22)15-16-10-6-4-7-11-16/h4-13H,2-3,14-15H2,1H3. The molecule has 0 saturated carbocycles. The molecule has 4 heteroatoms. The molecule has 0 fully saturated rings. The van der Waals surface area contributed by atoms with Crippen LogP contribution in [0.3, 0.4) is 0 Å². The minimum absolute atomic E-state index is 0.0611. The Morgan fingerprint density at radius 1 is 1.00 bits per heavy atom. The normalized spacial score (nSPS) is 10.8. The summed E-state index contributed by atoms with van der Waals surface area (Å²) in [6.07, 6.45) is 2.61. The molecule has 3 rings (SSSR count). The van der Waals surface area contributed by atoms with Crippen molar-refractivity contribution in [1.29, 1.82) is 0 Å². The molecule has 0 aliphatic carbocycles. The quantitative estimate of drug-likeness (QED) is 0.628. The van der Waals surface area contributed by atoms with Crippen molar-refractivity contribution in [2.75, 3.05) is 0 Å². The fourth-order valence-corrected chi connectivity index (χ4v) is 3.10. The van der Waals surface area contributed by atoms with Gasteiger partial charge in [-0.2, -0.15) is 5.10 Å². The maximum Gasteiger partial charge on any atom is 0.212 e. The molecule has 0 radical (unpaired) electrons. The van der Waals surface area contributed by atoms with Crippen LogP contribution >= 0.6 is 11.6 Å². The Morgan fingerprint density at radius 3 is 2.28 bits per heavy atom. The van der Waals surface area contributed by atoms with Crippen LogP contribution in [-0.4, -0.2) is 9.78 Å². The van der Waals surface area contributed by atoms with Crippen LogP contribution in [0.5, 0.6) is 0 Å². The third-order valence-corrected chi connectivity index (χ3v) is 4.61. The van der Waals surface area contributed by atoms with E-state index >= 15 is 0 Å². The first kappa shape index (κ1) is 17.4. The zero-order valence-electron chi connectivity index (χ0n) is 14.3. The van der Waals surface area contributed by atoms with Crippen molar-refractivity contribution in [1.82, 2.24) is 9.78 Å². The van der Waals surface area contributed by atoms with E-state index in [0.29, 0.717) is 29.4 Å². The fraction of sp³-hybridized carbons (Fsp3) is 0.238. The van der Waals surface area contributed by atoms with Gasteiger partial charge in [-0.15, -0.1) is 0 Å². The van der Waals surface area contributed by atoms with Crippen molar-refractivity contribution in [3.63, 3.8) is 0 Å². The van der Waals surface area contributed by atoms with Gasteiger partial charge in [0.05, 0.1) is 6.54 Å². The van der Waals surface area contributed by atoms with Crippen molar-refractivity contribution in [2.24, 2.45) is 0 Å². The number of halogens is 1. The van der Waals surface area contributed by atoms with E-state index in [1.54, 1.807) is 4.68 Å². The summed E-state index contributed by atoms with van der Waals surface area (Å²) in [5, 5.41) is 5.02. The van der Waals surface area contributed by atoms with E-state index in [-0.39, 0.29) is 5.43 Å². The van der Waals surface area contributed by atoms with Gasteiger partial charge in [-0.25, -0.2) is 4.68 Å². The molecule has 3 nitrogen and oxygen atoms in total. The van der Waals surface area contributed by atoms with Crippen LogP contribution in [-0.2, 0) is 13.0 Å². The molecule has 0 aliphatic heterocycles. The molecule has 2 aromatic carbocycles. The lowest BCUT2D eigenvalue weighted by molar-refractivity contribution is 0.652. The highest BCUT2D eigenvalue weighted by Crippen LogP contribution is 2.20. The monoisotopic (exact) mass is 352 g/mol. The second-order valence-corrected chi connectivity index (χ2v) is 6.42. The number of rotatable bonds is 6. The Hall–Kier alpha value is -2.39. The summed E-state index contributed by atoms with van der Waals surface area (Å²) in [7, 11) is 0. The van der Waals surface area contributed by atoms with E-state index in [0.717, 1.165) is 24.0 Å². The second kappa shape index (κ2) is 8.13. The van der Waals surface area contributed by atoms with Crippen LogP contribution in [0.2, 0.25) is 5.15 Å². The van der Waals surface area contributed by atoms with E-state index < -0.39 is 0 Å². The minimum Gasteiger partial charge on any atom is -0.287 e. The lowest BCUT2D eigenvalue weighted by Gasteiger charge is -2.14. The molecule has 128 valence electrons. The van der Waals surface area contributed by atoms with Gasteiger partial charge in [-0.05, 0) is 18.4 Å². The van der Waals surface area contributed by atoms with Crippen LogP contribution < -0.4 is 5.43 Å². The van der Waals surface area contributed by atoms with E-state index in [2.05, 4.69) is 12.0 Å². The molecule has 0 unspecified atom stereocenters. The molecule has 3 aromatic rings.